The Morgan fingerprint density at radius 2 is 1.53 bits per heavy atom. The number of anilines is 1. The summed E-state index contributed by atoms with van der Waals surface area (Å²) in [4.78, 5) is 16.9. The Morgan fingerprint density at radius 1 is 0.912 bits per heavy atom. The van der Waals surface area contributed by atoms with Crippen LogP contribution in [-0.4, -0.2) is 18.8 Å². The monoisotopic (exact) mass is 475 g/mol. The van der Waals surface area contributed by atoms with Crippen molar-refractivity contribution >= 4 is 16.5 Å². The van der Waals surface area contributed by atoms with Crippen molar-refractivity contribution in [2.24, 2.45) is 0 Å². The molecule has 2 heterocycles. The van der Waals surface area contributed by atoms with E-state index in [0.717, 1.165) is 11.1 Å². The molecular weight excluding hydrogens is 450 g/mol. The summed E-state index contributed by atoms with van der Waals surface area (Å²) in [6.45, 7) is 2.29. The molecule has 0 amide bonds. The van der Waals surface area contributed by atoms with Gasteiger partial charge in [-0.2, -0.15) is 0 Å². The van der Waals surface area contributed by atoms with Gasteiger partial charge in [-0.25, -0.2) is 0 Å². The molecule has 1 aliphatic heterocycles. The second-order valence-corrected chi connectivity index (χ2v) is 9.95. The van der Waals surface area contributed by atoms with Gasteiger partial charge in [0.1, 0.15) is 0 Å². The highest BCUT2D eigenvalue weighted by molar-refractivity contribution is 8.22. The average Bonchev–Trinajstić information content (AvgIpc) is 2.83. The zero-order valence-electron chi connectivity index (χ0n) is 18.5. The van der Waals surface area contributed by atoms with Gasteiger partial charge in [0.25, 0.3) is 5.56 Å². The van der Waals surface area contributed by atoms with Crippen molar-refractivity contribution in [1.29, 1.82) is 0 Å². The Morgan fingerprint density at radius 3 is 2.24 bits per heavy atom. The van der Waals surface area contributed by atoms with Crippen LogP contribution in [0.3, 0.4) is 0 Å². The van der Waals surface area contributed by atoms with E-state index in [1.807, 2.05) is 67.6 Å². The molecule has 4 N–H and O–H groups in total. The fourth-order valence-corrected chi connectivity index (χ4v) is 5.73. The fourth-order valence-electron chi connectivity index (χ4n) is 4.40. The molecule has 0 spiro atoms. The third-order valence-electron chi connectivity index (χ3n) is 6.04. The topological polar surface area (TPSA) is 98.0 Å². The van der Waals surface area contributed by atoms with E-state index in [0.29, 0.717) is 28.3 Å². The molecule has 1 aromatic heterocycles. The van der Waals surface area contributed by atoms with Gasteiger partial charge < -0.3 is 9.67 Å². The van der Waals surface area contributed by atoms with Crippen molar-refractivity contribution in [3.05, 3.63) is 112 Å². The number of rotatable bonds is 4. The number of nitrogens with one attached hydrogen (secondary N) is 1. The number of aromatic hydroxyl groups is 1. The Balaban J connectivity index is 1.73. The molecule has 0 saturated carbocycles. The highest BCUT2D eigenvalue weighted by atomic mass is 32.3. The quantitative estimate of drug-likeness (QED) is 0.327. The number of nitrogens with zero attached hydrogens (tertiary/aromatic N) is 2. The molecule has 5 rings (SSSR count). The maximum atomic E-state index is 13.8. The molecule has 34 heavy (non-hydrogen) atoms. The molecule has 174 valence electrons. The molecule has 1 aliphatic rings. The first-order valence-electron chi connectivity index (χ1n) is 10.8. The van der Waals surface area contributed by atoms with Gasteiger partial charge in [-0.1, -0.05) is 89.6 Å². The molecule has 0 saturated heterocycles. The van der Waals surface area contributed by atoms with Crippen molar-refractivity contribution in [2.45, 2.75) is 24.9 Å². The van der Waals surface area contributed by atoms with Crippen LogP contribution in [0.15, 0.2) is 94.6 Å². The first-order chi connectivity index (χ1) is 16.4. The number of pyridine rings is 1. The summed E-state index contributed by atoms with van der Waals surface area (Å²) in [5.74, 6) is -0.208. The summed E-state index contributed by atoms with van der Waals surface area (Å²) in [7, 11) is -3.42. The van der Waals surface area contributed by atoms with Gasteiger partial charge in [0.2, 0.25) is 0 Å². The van der Waals surface area contributed by atoms with Gasteiger partial charge in [-0.15, -0.1) is 4.83 Å². The third-order valence-corrected chi connectivity index (χ3v) is 7.52. The standard InChI is InChI=1S/C26H25N3O4S/c1-18-23(20-12-6-3-7-13-20)25(30)24(26(31)28(18)16-19-10-4-2-5-11-19)29-17-21-14-8-9-15-22(21)34(32,33)27-29/h2-15,27,30,32-33H,16-17H2,1H3. The SMILES string of the molecule is Cc1c(-c2ccccc2)c(O)c(N2Cc3ccccc3S(O)(O)N2)c(=O)n1Cc1ccccc1. The van der Waals surface area contributed by atoms with Crippen LogP contribution in [-0.2, 0) is 13.1 Å². The lowest BCUT2D eigenvalue weighted by molar-refractivity contribution is 0.446. The summed E-state index contributed by atoms with van der Waals surface area (Å²) in [6.07, 6.45) is 0. The summed E-state index contributed by atoms with van der Waals surface area (Å²) in [5.41, 5.74) is 3.02. The third kappa shape index (κ3) is 3.86. The van der Waals surface area contributed by atoms with Gasteiger partial charge >= 0.3 is 0 Å². The van der Waals surface area contributed by atoms with Crippen molar-refractivity contribution in [1.82, 2.24) is 9.40 Å². The smallest absolute Gasteiger partial charge is 0.279 e. The lowest BCUT2D eigenvalue weighted by Crippen LogP contribution is -2.46. The minimum atomic E-state index is -3.42. The highest BCUT2D eigenvalue weighted by Gasteiger charge is 2.33. The van der Waals surface area contributed by atoms with Gasteiger partial charge in [-0.3, -0.25) is 18.9 Å². The van der Waals surface area contributed by atoms with Crippen LogP contribution in [0.4, 0.5) is 5.69 Å². The molecule has 3 aromatic carbocycles. The second kappa shape index (κ2) is 8.66. The number of benzene rings is 3. The van der Waals surface area contributed by atoms with Gasteiger partial charge in [-0.05, 0) is 29.7 Å². The lowest BCUT2D eigenvalue weighted by Gasteiger charge is -2.44. The number of fused-ring (bicyclic) bond motifs is 1. The Hall–Kier alpha value is -3.56. The zero-order chi connectivity index (χ0) is 23.9. The maximum absolute atomic E-state index is 13.8. The Bertz CT molecular complexity index is 1410. The van der Waals surface area contributed by atoms with Crippen molar-refractivity contribution in [3.63, 3.8) is 0 Å². The van der Waals surface area contributed by atoms with E-state index in [-0.39, 0.29) is 18.0 Å². The van der Waals surface area contributed by atoms with E-state index in [2.05, 4.69) is 4.83 Å². The summed E-state index contributed by atoms with van der Waals surface area (Å²) >= 11 is 0. The summed E-state index contributed by atoms with van der Waals surface area (Å²) < 4.78 is 23.2. The molecule has 0 fully saturated rings. The van der Waals surface area contributed by atoms with Gasteiger partial charge in [0.05, 0.1) is 18.0 Å². The molecule has 7 nitrogen and oxygen atoms in total. The van der Waals surface area contributed by atoms with Crippen LogP contribution in [0.2, 0.25) is 0 Å². The van der Waals surface area contributed by atoms with E-state index >= 15 is 0 Å². The molecule has 0 atom stereocenters. The normalized spacial score (nSPS) is 15.6. The molecular formula is C26H25N3O4S. The van der Waals surface area contributed by atoms with E-state index in [1.165, 1.54) is 5.01 Å². The van der Waals surface area contributed by atoms with Gasteiger partial charge in [0.15, 0.2) is 11.4 Å². The zero-order valence-corrected chi connectivity index (χ0v) is 19.4. The Labute approximate surface area is 199 Å². The van der Waals surface area contributed by atoms with Crippen molar-refractivity contribution < 1.29 is 14.2 Å². The van der Waals surface area contributed by atoms with E-state index in [1.54, 1.807) is 28.8 Å². The largest absolute Gasteiger partial charge is 0.505 e. The molecule has 0 unspecified atom stereocenters. The number of aromatic nitrogens is 1. The first kappa shape index (κ1) is 22.2. The van der Waals surface area contributed by atoms with Crippen molar-refractivity contribution in [3.8, 4) is 16.9 Å². The number of hydrogen-bond acceptors (Lipinski definition) is 6. The first-order valence-corrected chi connectivity index (χ1v) is 12.4. The fraction of sp³-hybridized carbons (Fsp3) is 0.115. The summed E-state index contributed by atoms with van der Waals surface area (Å²) in [5, 5.41) is 12.8. The minimum Gasteiger partial charge on any atom is -0.505 e. The van der Waals surface area contributed by atoms with Crippen LogP contribution < -0.4 is 15.4 Å². The van der Waals surface area contributed by atoms with Crippen LogP contribution in [0, 0.1) is 6.92 Å². The predicted molar refractivity (Wildman–Crippen MR) is 135 cm³/mol. The number of hydrazine groups is 1. The molecule has 0 bridgehead atoms. The van der Waals surface area contributed by atoms with E-state index in [4.69, 9.17) is 0 Å². The van der Waals surface area contributed by atoms with Crippen LogP contribution in [0.5, 0.6) is 5.75 Å². The van der Waals surface area contributed by atoms with Gasteiger partial charge in [0, 0.05) is 11.3 Å². The highest BCUT2D eigenvalue weighted by Crippen LogP contribution is 2.51. The molecule has 0 aliphatic carbocycles. The predicted octanol–water partition coefficient (Wildman–Crippen LogP) is 5.13. The van der Waals surface area contributed by atoms with Crippen LogP contribution in [0.25, 0.3) is 11.1 Å². The lowest BCUT2D eigenvalue weighted by atomic mass is 10.0. The maximum Gasteiger partial charge on any atom is 0.279 e. The van der Waals surface area contributed by atoms with Crippen molar-refractivity contribution in [2.75, 3.05) is 5.01 Å². The Kier molecular flexibility index (Phi) is 5.66. The second-order valence-electron chi connectivity index (χ2n) is 8.23. The van der Waals surface area contributed by atoms with Crippen LogP contribution >= 0.6 is 10.8 Å². The molecule has 8 heteroatoms. The number of hydrogen-bond donors (Lipinski definition) is 4. The molecule has 4 aromatic rings. The minimum absolute atomic E-state index is 0.0325. The van der Waals surface area contributed by atoms with E-state index in [9.17, 15) is 19.0 Å². The van der Waals surface area contributed by atoms with E-state index < -0.39 is 16.3 Å². The summed E-state index contributed by atoms with van der Waals surface area (Å²) in [6, 6.07) is 25.9. The average molecular weight is 476 g/mol. The van der Waals surface area contributed by atoms with Crippen LogP contribution in [0.1, 0.15) is 16.8 Å². The molecule has 0 radical (unpaired) electrons.